The molecule has 20 heavy (non-hydrogen) atoms. The Morgan fingerprint density at radius 2 is 1.90 bits per heavy atom. The first kappa shape index (κ1) is 16.8. The molecule has 0 saturated heterocycles. The summed E-state index contributed by atoms with van der Waals surface area (Å²) in [5, 5.41) is 3.14. The zero-order chi connectivity index (χ0) is 15.2. The van der Waals surface area contributed by atoms with Gasteiger partial charge < -0.3 is 10.2 Å². The molecule has 0 heterocycles. The maximum absolute atomic E-state index is 13.5. The van der Waals surface area contributed by atoms with Crippen molar-refractivity contribution in [1.82, 2.24) is 5.32 Å². The zero-order valence-corrected chi connectivity index (χ0v) is 11.7. The Kier molecular flexibility index (Phi) is 6.26. The van der Waals surface area contributed by atoms with Gasteiger partial charge in [-0.2, -0.15) is 13.2 Å². The SMILES string of the molecule is CCCNCc1cc(F)cc(N(C)CCC(F)(F)F)c1. The number of benzene rings is 1. The molecule has 1 rings (SSSR count). The third kappa shape index (κ3) is 6.23. The standard InChI is InChI=1S/C14H20F4N2/c1-3-5-19-10-11-7-12(15)9-13(8-11)20(2)6-4-14(16,17)18/h7-9,19H,3-6,10H2,1-2H3. The lowest BCUT2D eigenvalue weighted by Crippen LogP contribution is -2.24. The summed E-state index contributed by atoms with van der Waals surface area (Å²) in [5.74, 6) is -0.436. The predicted octanol–water partition coefficient (Wildman–Crippen LogP) is 3.71. The lowest BCUT2D eigenvalue weighted by molar-refractivity contribution is -0.132. The van der Waals surface area contributed by atoms with Crippen LogP contribution in [0.1, 0.15) is 25.3 Å². The van der Waals surface area contributed by atoms with E-state index < -0.39 is 18.4 Å². The lowest BCUT2D eigenvalue weighted by atomic mass is 10.1. The van der Waals surface area contributed by atoms with E-state index in [1.165, 1.54) is 24.1 Å². The summed E-state index contributed by atoms with van der Waals surface area (Å²) in [7, 11) is 1.53. The Morgan fingerprint density at radius 3 is 2.50 bits per heavy atom. The van der Waals surface area contributed by atoms with E-state index in [2.05, 4.69) is 5.32 Å². The van der Waals surface area contributed by atoms with Crippen molar-refractivity contribution in [3.8, 4) is 0 Å². The van der Waals surface area contributed by atoms with Crippen LogP contribution >= 0.6 is 0 Å². The molecule has 0 aliphatic rings. The van der Waals surface area contributed by atoms with E-state index >= 15 is 0 Å². The second-order valence-electron chi connectivity index (χ2n) is 4.78. The summed E-state index contributed by atoms with van der Waals surface area (Å²) < 4.78 is 50.0. The van der Waals surface area contributed by atoms with Crippen LogP contribution in [0, 0.1) is 5.82 Å². The first-order chi connectivity index (χ1) is 9.31. The third-order valence-corrected chi connectivity index (χ3v) is 2.87. The Hall–Kier alpha value is -1.30. The fourth-order valence-corrected chi connectivity index (χ4v) is 1.79. The van der Waals surface area contributed by atoms with E-state index in [1.54, 1.807) is 6.07 Å². The fourth-order valence-electron chi connectivity index (χ4n) is 1.79. The van der Waals surface area contributed by atoms with Crippen LogP contribution < -0.4 is 10.2 Å². The van der Waals surface area contributed by atoms with Gasteiger partial charge in [0.1, 0.15) is 5.82 Å². The van der Waals surface area contributed by atoms with Crippen LogP contribution in [0.3, 0.4) is 0 Å². The van der Waals surface area contributed by atoms with Crippen LogP contribution in [0.2, 0.25) is 0 Å². The van der Waals surface area contributed by atoms with Crippen LogP contribution in [0.25, 0.3) is 0 Å². The van der Waals surface area contributed by atoms with E-state index in [4.69, 9.17) is 0 Å². The molecule has 6 heteroatoms. The van der Waals surface area contributed by atoms with Gasteiger partial charge in [-0.3, -0.25) is 0 Å². The van der Waals surface area contributed by atoms with E-state index in [9.17, 15) is 17.6 Å². The van der Waals surface area contributed by atoms with Crippen LogP contribution in [0.5, 0.6) is 0 Å². The minimum Gasteiger partial charge on any atom is -0.374 e. The van der Waals surface area contributed by atoms with Gasteiger partial charge in [0.15, 0.2) is 0 Å². The average Bonchev–Trinajstić information content (AvgIpc) is 2.35. The first-order valence-electron chi connectivity index (χ1n) is 6.60. The number of halogens is 4. The molecular formula is C14H20F4N2. The smallest absolute Gasteiger partial charge is 0.374 e. The van der Waals surface area contributed by atoms with Gasteiger partial charge in [0.25, 0.3) is 0 Å². The van der Waals surface area contributed by atoms with Gasteiger partial charge in [-0.1, -0.05) is 6.92 Å². The highest BCUT2D eigenvalue weighted by Crippen LogP contribution is 2.23. The molecule has 1 aromatic carbocycles. The largest absolute Gasteiger partial charge is 0.390 e. The van der Waals surface area contributed by atoms with Crippen LogP contribution in [0.4, 0.5) is 23.2 Å². The Morgan fingerprint density at radius 1 is 1.20 bits per heavy atom. The highest BCUT2D eigenvalue weighted by Gasteiger charge is 2.27. The molecule has 1 aromatic rings. The Labute approximate surface area is 116 Å². The summed E-state index contributed by atoms with van der Waals surface area (Å²) in [6, 6.07) is 4.35. The normalized spacial score (nSPS) is 11.7. The first-order valence-corrected chi connectivity index (χ1v) is 6.60. The molecule has 0 unspecified atom stereocenters. The lowest BCUT2D eigenvalue weighted by Gasteiger charge is -2.21. The molecule has 114 valence electrons. The van der Waals surface area contributed by atoms with E-state index in [1.807, 2.05) is 6.92 Å². The number of nitrogens with one attached hydrogen (secondary N) is 1. The van der Waals surface area contributed by atoms with Crippen molar-refractivity contribution in [2.75, 3.05) is 25.0 Å². The van der Waals surface area contributed by atoms with Crippen molar-refractivity contribution in [3.05, 3.63) is 29.6 Å². The highest BCUT2D eigenvalue weighted by atomic mass is 19.4. The van der Waals surface area contributed by atoms with Crippen molar-refractivity contribution in [3.63, 3.8) is 0 Å². The molecule has 0 spiro atoms. The molecule has 0 bridgehead atoms. The summed E-state index contributed by atoms with van der Waals surface area (Å²) in [4.78, 5) is 1.42. The van der Waals surface area contributed by atoms with Crippen molar-refractivity contribution >= 4 is 5.69 Å². The second-order valence-corrected chi connectivity index (χ2v) is 4.78. The van der Waals surface area contributed by atoms with Crippen LogP contribution in [0.15, 0.2) is 18.2 Å². The van der Waals surface area contributed by atoms with Crippen molar-refractivity contribution in [2.24, 2.45) is 0 Å². The molecule has 0 radical (unpaired) electrons. The van der Waals surface area contributed by atoms with E-state index in [0.717, 1.165) is 18.5 Å². The van der Waals surface area contributed by atoms with Crippen LogP contribution in [-0.2, 0) is 6.54 Å². The number of anilines is 1. The highest BCUT2D eigenvalue weighted by molar-refractivity contribution is 5.48. The Bertz CT molecular complexity index is 418. The van der Waals surface area contributed by atoms with Crippen molar-refractivity contribution < 1.29 is 17.6 Å². The maximum Gasteiger partial charge on any atom is 0.390 e. The van der Waals surface area contributed by atoms with Crippen molar-refractivity contribution in [2.45, 2.75) is 32.5 Å². The Balaban J connectivity index is 2.68. The zero-order valence-electron chi connectivity index (χ0n) is 11.7. The maximum atomic E-state index is 13.5. The van der Waals surface area contributed by atoms with E-state index in [0.29, 0.717) is 12.2 Å². The third-order valence-electron chi connectivity index (χ3n) is 2.87. The number of nitrogens with zero attached hydrogens (tertiary/aromatic N) is 1. The number of alkyl halides is 3. The average molecular weight is 292 g/mol. The van der Waals surface area contributed by atoms with Gasteiger partial charge in [0, 0.05) is 25.8 Å². The van der Waals surface area contributed by atoms with Crippen LogP contribution in [-0.4, -0.2) is 26.3 Å². The van der Waals surface area contributed by atoms with Gasteiger partial charge >= 0.3 is 6.18 Å². The minimum atomic E-state index is -4.20. The summed E-state index contributed by atoms with van der Waals surface area (Å²) >= 11 is 0. The molecule has 0 aromatic heterocycles. The molecule has 0 aliphatic heterocycles. The topological polar surface area (TPSA) is 15.3 Å². The molecule has 0 saturated carbocycles. The molecule has 0 atom stereocenters. The molecule has 0 fully saturated rings. The predicted molar refractivity (Wildman–Crippen MR) is 72.3 cm³/mol. The van der Waals surface area contributed by atoms with Gasteiger partial charge in [-0.05, 0) is 36.7 Å². The second kappa shape index (κ2) is 7.47. The molecule has 0 aliphatic carbocycles. The van der Waals surface area contributed by atoms with E-state index in [-0.39, 0.29) is 6.54 Å². The summed E-state index contributed by atoms with van der Waals surface area (Å²) in [6.07, 6.45) is -4.15. The number of hydrogen-bond donors (Lipinski definition) is 1. The quantitative estimate of drug-likeness (QED) is 0.609. The summed E-state index contributed by atoms with van der Waals surface area (Å²) in [6.45, 7) is 3.16. The summed E-state index contributed by atoms with van der Waals surface area (Å²) in [5.41, 5.74) is 1.19. The molecule has 0 amide bonds. The monoisotopic (exact) mass is 292 g/mol. The van der Waals surface area contributed by atoms with Crippen molar-refractivity contribution in [1.29, 1.82) is 0 Å². The van der Waals surface area contributed by atoms with Gasteiger partial charge in [0.2, 0.25) is 0 Å². The molecule has 1 N–H and O–H groups in total. The molecular weight excluding hydrogens is 272 g/mol. The minimum absolute atomic E-state index is 0.186. The number of rotatable bonds is 7. The van der Waals surface area contributed by atoms with Gasteiger partial charge in [0.05, 0.1) is 6.42 Å². The van der Waals surface area contributed by atoms with Gasteiger partial charge in [-0.15, -0.1) is 0 Å². The number of hydrogen-bond acceptors (Lipinski definition) is 2. The molecule has 2 nitrogen and oxygen atoms in total. The fraction of sp³-hybridized carbons (Fsp3) is 0.571. The van der Waals surface area contributed by atoms with Gasteiger partial charge in [-0.25, -0.2) is 4.39 Å².